The molecule has 7 heteroatoms. The highest BCUT2D eigenvalue weighted by molar-refractivity contribution is 6.74. The Morgan fingerprint density at radius 1 is 1.14 bits per heavy atom. The van der Waals surface area contributed by atoms with Crippen LogP contribution >= 0.6 is 0 Å². The lowest BCUT2D eigenvalue weighted by Crippen LogP contribution is -2.43. The van der Waals surface area contributed by atoms with E-state index in [9.17, 15) is 4.79 Å². The number of ether oxygens (including phenoxy) is 4. The maximum Gasteiger partial charge on any atom is 0.384 e. The predicted octanol–water partition coefficient (Wildman–Crippen LogP) is 8.02. The summed E-state index contributed by atoms with van der Waals surface area (Å²) in [6, 6.07) is 0. The minimum atomic E-state index is -2.06. The van der Waals surface area contributed by atoms with Gasteiger partial charge in [-0.2, -0.15) is 0 Å². The van der Waals surface area contributed by atoms with Gasteiger partial charge in [-0.05, 0) is 63.1 Å². The minimum absolute atomic E-state index is 0.0361. The van der Waals surface area contributed by atoms with Gasteiger partial charge in [0.2, 0.25) is 0 Å². The molecule has 0 amide bonds. The van der Waals surface area contributed by atoms with E-state index in [1.807, 2.05) is 18.2 Å². The van der Waals surface area contributed by atoms with Crippen LogP contribution < -0.4 is 0 Å². The molecule has 3 aliphatic heterocycles. The largest absolute Gasteiger partial charge is 0.449 e. The number of esters is 1. The van der Waals surface area contributed by atoms with Gasteiger partial charge in [-0.1, -0.05) is 93.9 Å². The summed E-state index contributed by atoms with van der Waals surface area (Å²) in [5.41, 5.74) is 2.48. The molecule has 0 aromatic rings. The lowest BCUT2D eigenvalue weighted by atomic mass is 9.91. The van der Waals surface area contributed by atoms with Crippen LogP contribution in [0.1, 0.15) is 79.6 Å². The molecular weight excluding hydrogens is 568 g/mol. The number of cyclic esters (lactones) is 1. The van der Waals surface area contributed by atoms with Crippen molar-refractivity contribution in [3.05, 3.63) is 60.3 Å². The maximum absolute atomic E-state index is 13.0. The van der Waals surface area contributed by atoms with Crippen molar-refractivity contribution in [2.75, 3.05) is 13.7 Å². The van der Waals surface area contributed by atoms with E-state index in [4.69, 9.17) is 23.4 Å². The molecule has 3 rings (SSSR count). The van der Waals surface area contributed by atoms with Gasteiger partial charge in [-0.15, -0.1) is 0 Å². The number of hydrogen-bond acceptors (Lipinski definition) is 6. The normalized spacial score (nSPS) is 31.2. The molecule has 0 saturated heterocycles. The number of rotatable bonds is 6. The van der Waals surface area contributed by atoms with Crippen LogP contribution in [-0.2, 0) is 28.2 Å². The van der Waals surface area contributed by atoms with Gasteiger partial charge in [0.15, 0.2) is 8.32 Å². The lowest BCUT2D eigenvalue weighted by Gasteiger charge is -2.39. The van der Waals surface area contributed by atoms with Crippen molar-refractivity contribution in [2.24, 2.45) is 5.92 Å². The first-order valence-electron chi connectivity index (χ1n) is 16.3. The summed E-state index contributed by atoms with van der Waals surface area (Å²) in [7, 11) is -0.430. The van der Waals surface area contributed by atoms with Crippen molar-refractivity contribution < 1.29 is 28.2 Å². The quantitative estimate of drug-likeness (QED) is 0.0981. The fraction of sp³-hybridized carbons (Fsp3) is 0.649. The second-order valence-electron chi connectivity index (χ2n) is 14.2. The third kappa shape index (κ3) is 11.9. The fourth-order valence-electron chi connectivity index (χ4n) is 5.58. The van der Waals surface area contributed by atoms with E-state index in [-0.39, 0.29) is 29.5 Å². The molecule has 0 aliphatic carbocycles. The van der Waals surface area contributed by atoms with E-state index in [1.165, 1.54) is 11.1 Å². The van der Waals surface area contributed by atoms with Gasteiger partial charge in [0.05, 0.1) is 31.0 Å². The van der Waals surface area contributed by atoms with E-state index < -0.39 is 26.5 Å². The maximum atomic E-state index is 13.0. The molecule has 0 saturated carbocycles. The summed E-state index contributed by atoms with van der Waals surface area (Å²) in [5, 5.41) is 0.0707. The molecule has 7 atom stereocenters. The van der Waals surface area contributed by atoms with Crippen LogP contribution in [0.15, 0.2) is 60.3 Å². The van der Waals surface area contributed by atoms with E-state index in [2.05, 4.69) is 90.4 Å². The standard InChI is InChI=1S/C37H56O6Si/c1-27-21-22-40-31(24-27)19-20-34(39-7)35-17-11-16-33(43-44(8,9)37(4,5)6)26-29(3)23-28(2)25-32-15-10-13-30(41-32)14-12-18-36(38)42-35/h10-11,13,16,19-21,28,30-35H,3,14-15,17,22-26H2,1-2,4-9H3/b16-11+,20-19+/t28-,30-,31+,32-,33+,34-,35-/m0/s1. The van der Waals surface area contributed by atoms with E-state index in [0.717, 1.165) is 32.1 Å². The second kappa shape index (κ2) is 16.9. The fourth-order valence-corrected chi connectivity index (χ4v) is 6.86. The van der Waals surface area contributed by atoms with Gasteiger partial charge >= 0.3 is 5.97 Å². The molecule has 44 heavy (non-hydrogen) atoms. The Hall–Kier alpha value is -2.21. The highest BCUT2D eigenvalue weighted by atomic mass is 28.4. The molecule has 0 N–H and O–H groups in total. The molecular formula is C37H56O6Si. The van der Waals surface area contributed by atoms with Crippen LogP contribution in [0, 0.1) is 17.8 Å². The van der Waals surface area contributed by atoms with Crippen LogP contribution in [0.3, 0.4) is 0 Å². The summed E-state index contributed by atoms with van der Waals surface area (Å²) in [4.78, 5) is 13.0. The highest BCUT2D eigenvalue weighted by Crippen LogP contribution is 2.38. The predicted molar refractivity (Wildman–Crippen MR) is 181 cm³/mol. The number of carbonyl (C=O) groups is 1. The minimum Gasteiger partial charge on any atom is -0.449 e. The Labute approximate surface area is 268 Å². The van der Waals surface area contributed by atoms with Crippen molar-refractivity contribution >= 4 is 14.3 Å². The Morgan fingerprint density at radius 3 is 2.59 bits per heavy atom. The van der Waals surface area contributed by atoms with Gasteiger partial charge in [0, 0.05) is 25.9 Å². The van der Waals surface area contributed by atoms with Gasteiger partial charge in [-0.3, -0.25) is 0 Å². The summed E-state index contributed by atoms with van der Waals surface area (Å²) < 4.78 is 30.9. The Balaban J connectivity index is 1.88. The molecule has 3 heterocycles. The first kappa shape index (κ1) is 36.3. The average Bonchev–Trinajstić information content (AvgIpc) is 2.92. The number of hydrogen-bond donors (Lipinski definition) is 0. The number of methoxy groups -OCH3 is 1. The first-order valence-corrected chi connectivity index (χ1v) is 19.2. The van der Waals surface area contributed by atoms with Crippen molar-refractivity contribution in [3.63, 3.8) is 0 Å². The Morgan fingerprint density at radius 2 is 1.89 bits per heavy atom. The molecule has 0 aromatic carbocycles. The van der Waals surface area contributed by atoms with Crippen molar-refractivity contribution in [1.82, 2.24) is 0 Å². The number of fused-ring (bicyclic) bond motifs is 2. The van der Waals surface area contributed by atoms with Crippen LogP contribution in [0.25, 0.3) is 0 Å². The Bertz CT molecular complexity index is 1150. The molecule has 244 valence electrons. The van der Waals surface area contributed by atoms with Crippen molar-refractivity contribution in [1.29, 1.82) is 0 Å². The van der Waals surface area contributed by atoms with Crippen LogP contribution in [-0.4, -0.2) is 64.6 Å². The van der Waals surface area contributed by atoms with Crippen molar-refractivity contribution in [2.45, 2.75) is 134 Å². The SMILES string of the molecule is C=C1C[C@H](C)C[C@@H]2CC=C[C@@H](CC#CC(=O)O[C@H]([C@H](/C=C/[C@@H]3CC(C)=CCO3)OC)C/C=C/[C@@H](O[Si](C)(C)C(C)(C)C)C1)O2. The zero-order chi connectivity index (χ0) is 32.3. The molecule has 2 bridgehead atoms. The molecule has 0 spiro atoms. The monoisotopic (exact) mass is 624 g/mol. The topological polar surface area (TPSA) is 63.2 Å². The average molecular weight is 625 g/mol. The van der Waals surface area contributed by atoms with E-state index in [1.54, 1.807) is 7.11 Å². The molecule has 0 aromatic heterocycles. The molecule has 0 unspecified atom stereocenters. The molecule has 6 nitrogen and oxygen atoms in total. The first-order chi connectivity index (χ1) is 20.8. The van der Waals surface area contributed by atoms with Crippen LogP contribution in [0.2, 0.25) is 18.1 Å². The van der Waals surface area contributed by atoms with Crippen LogP contribution in [0.5, 0.6) is 0 Å². The summed E-state index contributed by atoms with van der Waals surface area (Å²) >= 11 is 0. The molecule has 3 aliphatic rings. The third-order valence-electron chi connectivity index (χ3n) is 9.05. The zero-order valence-corrected chi connectivity index (χ0v) is 29.4. The number of carbonyl (C=O) groups excluding carboxylic acids is 1. The van der Waals surface area contributed by atoms with Crippen LogP contribution in [0.4, 0.5) is 0 Å². The van der Waals surface area contributed by atoms with Gasteiger partial charge in [0.1, 0.15) is 12.2 Å². The smallest absolute Gasteiger partial charge is 0.384 e. The Kier molecular flexibility index (Phi) is 13.9. The van der Waals surface area contributed by atoms with Crippen molar-refractivity contribution in [3.8, 4) is 11.8 Å². The van der Waals surface area contributed by atoms with E-state index in [0.29, 0.717) is 25.4 Å². The second-order valence-corrected chi connectivity index (χ2v) is 19.0. The highest BCUT2D eigenvalue weighted by Gasteiger charge is 2.39. The summed E-state index contributed by atoms with van der Waals surface area (Å²) in [5.74, 6) is 5.55. The van der Waals surface area contributed by atoms with E-state index >= 15 is 0 Å². The summed E-state index contributed by atoms with van der Waals surface area (Å²) in [6.45, 7) is 20.8. The van der Waals surface area contributed by atoms with Gasteiger partial charge in [-0.25, -0.2) is 4.79 Å². The summed E-state index contributed by atoms with van der Waals surface area (Å²) in [6.07, 6.45) is 18.5. The molecule has 0 fully saturated rings. The van der Waals surface area contributed by atoms with Gasteiger partial charge < -0.3 is 23.4 Å². The lowest BCUT2D eigenvalue weighted by molar-refractivity contribution is -0.146. The zero-order valence-electron chi connectivity index (χ0n) is 28.4. The third-order valence-corrected chi connectivity index (χ3v) is 13.6. The molecule has 0 radical (unpaired) electrons. The van der Waals surface area contributed by atoms with Gasteiger partial charge in [0.25, 0.3) is 0 Å².